The number of carbonyl (C=O) groups excluding carboxylic acids is 8. The molecule has 6 rings (SSSR count). The Balaban J connectivity index is 0.000000359. The fraction of sp³-hybridized carbons (Fsp3) is 0.515. The first-order valence-electron chi connectivity index (χ1n) is 31.4. The Kier molecular flexibility index (Phi) is 29.4. The number of hydrogen-bond donors (Lipinski definition) is 5. The van der Waals surface area contributed by atoms with E-state index in [1.165, 1.54) is 33.3 Å². The van der Waals surface area contributed by atoms with Crippen LogP contribution < -0.4 is 30.7 Å². The molecule has 98 heavy (non-hydrogen) atoms. The number of nitrogens with zero attached hydrogens (tertiary/aromatic N) is 2. The second-order valence-electron chi connectivity index (χ2n) is 26.7. The Hall–Kier alpha value is -8.41. The van der Waals surface area contributed by atoms with Crippen molar-refractivity contribution in [3.05, 3.63) is 130 Å². The van der Waals surface area contributed by atoms with Crippen LogP contribution in [-0.4, -0.2) is 146 Å². The van der Waals surface area contributed by atoms with Gasteiger partial charge in [-0.05, 0) is 134 Å². The highest BCUT2D eigenvalue weighted by molar-refractivity contribution is 8.01. The summed E-state index contributed by atoms with van der Waals surface area (Å²) in [6, 6.07) is 13.2. The largest absolute Gasteiger partial charge is 0.478 e. The van der Waals surface area contributed by atoms with Crippen molar-refractivity contribution in [1.82, 2.24) is 31.1 Å². The molecule has 2 aliphatic rings. The summed E-state index contributed by atoms with van der Waals surface area (Å²) in [7, 11) is 0. The fourth-order valence-corrected chi connectivity index (χ4v) is 11.7. The number of rotatable bonds is 26. The van der Waals surface area contributed by atoms with Gasteiger partial charge in [0.1, 0.15) is 34.3 Å². The van der Waals surface area contributed by atoms with E-state index in [1.54, 1.807) is 139 Å². The van der Waals surface area contributed by atoms with E-state index in [0.29, 0.717) is 58.4 Å². The summed E-state index contributed by atoms with van der Waals surface area (Å²) in [5, 5.41) is 18.2. The molecule has 4 unspecified atom stereocenters. The highest BCUT2D eigenvalue weighted by Gasteiger charge is 2.39. The van der Waals surface area contributed by atoms with Crippen LogP contribution in [0.4, 0.5) is 35.9 Å². The molecule has 4 aromatic rings. The Morgan fingerprint density at radius 1 is 0.531 bits per heavy atom. The molecule has 6 atom stereocenters. The van der Waals surface area contributed by atoms with Crippen LogP contribution in [0.25, 0.3) is 0 Å². The zero-order chi connectivity index (χ0) is 73.1. The lowest BCUT2D eigenvalue weighted by atomic mass is 9.98. The summed E-state index contributed by atoms with van der Waals surface area (Å²) in [6.07, 6.45) is -5.19. The van der Waals surface area contributed by atoms with E-state index in [1.807, 2.05) is 0 Å². The number of carbonyl (C=O) groups is 9. The summed E-state index contributed by atoms with van der Waals surface area (Å²) in [4.78, 5) is 117. The number of halogens is 6. The van der Waals surface area contributed by atoms with Gasteiger partial charge in [0.2, 0.25) is 18.6 Å². The van der Waals surface area contributed by atoms with Gasteiger partial charge in [0.15, 0.2) is 46.2 Å². The number of amides is 6. The zero-order valence-electron chi connectivity index (χ0n) is 56.9. The zero-order valence-corrected chi connectivity index (χ0v) is 58.5. The van der Waals surface area contributed by atoms with Gasteiger partial charge in [-0.1, -0.05) is 52.0 Å². The number of hydrogen-bond acceptors (Lipinski definition) is 17. The Bertz CT molecular complexity index is 3460. The molecule has 0 spiro atoms. The number of alkyl carbamates (subject to hydrolysis) is 2. The lowest BCUT2D eigenvalue weighted by molar-refractivity contribution is -0.178. The van der Waals surface area contributed by atoms with Crippen molar-refractivity contribution >= 4 is 77.2 Å². The lowest BCUT2D eigenvalue weighted by Gasteiger charge is -2.27. The van der Waals surface area contributed by atoms with Crippen LogP contribution in [0.3, 0.4) is 0 Å². The molecule has 30 heteroatoms. The fourth-order valence-electron chi connectivity index (χ4n) is 9.40. The molecule has 2 fully saturated rings. The number of carboxylic acid groups (broad SMARTS) is 1. The van der Waals surface area contributed by atoms with Crippen LogP contribution >= 0.6 is 23.5 Å². The van der Waals surface area contributed by atoms with Gasteiger partial charge in [0.25, 0.3) is 11.8 Å². The van der Waals surface area contributed by atoms with Crippen molar-refractivity contribution in [2.24, 2.45) is 17.3 Å². The Labute approximate surface area is 574 Å². The molecule has 0 aromatic heterocycles. The molecule has 0 radical (unpaired) electrons. The van der Waals surface area contributed by atoms with E-state index >= 15 is 0 Å². The van der Waals surface area contributed by atoms with Gasteiger partial charge in [0.05, 0.1) is 5.41 Å². The van der Waals surface area contributed by atoms with Gasteiger partial charge < -0.3 is 64.6 Å². The minimum atomic E-state index is -1.37. The minimum Gasteiger partial charge on any atom is -0.478 e. The average Bonchev–Trinajstić information content (AvgIpc) is 1.64. The van der Waals surface area contributed by atoms with Gasteiger partial charge in [-0.25, -0.2) is 45.5 Å². The number of esters is 2. The number of nitrogens with one attached hydrogen (secondary N) is 4. The molecule has 2 aliphatic heterocycles. The first-order valence-corrected chi connectivity index (χ1v) is 33.5. The molecule has 538 valence electrons. The molecular weight excluding hydrogens is 1330 g/mol. The topological polar surface area (TPSA) is 284 Å². The second-order valence-corrected chi connectivity index (χ2v) is 29.1. The van der Waals surface area contributed by atoms with Crippen LogP contribution in [0, 0.1) is 52.2 Å². The Morgan fingerprint density at radius 3 is 1.24 bits per heavy atom. The quantitative estimate of drug-likeness (QED) is 0.0128. The molecular formula is C68H86F6N6O16S2. The molecule has 2 saturated heterocycles. The highest BCUT2D eigenvalue weighted by atomic mass is 32.2. The van der Waals surface area contributed by atoms with Crippen molar-refractivity contribution in [2.45, 2.75) is 175 Å². The van der Waals surface area contributed by atoms with Crippen molar-refractivity contribution in [3.63, 3.8) is 0 Å². The summed E-state index contributed by atoms with van der Waals surface area (Å²) >= 11 is 2.49. The summed E-state index contributed by atoms with van der Waals surface area (Å²) in [5.41, 5.74) is -1.60. The predicted octanol–water partition coefficient (Wildman–Crippen LogP) is 10.3. The van der Waals surface area contributed by atoms with E-state index in [-0.39, 0.29) is 74.8 Å². The number of ether oxygens (including phenoxy) is 6. The van der Waals surface area contributed by atoms with Crippen molar-refractivity contribution in [2.75, 3.05) is 31.4 Å². The molecule has 0 aliphatic carbocycles. The molecule has 5 N–H and O–H groups in total. The number of thioether (sulfide) groups is 2. The first-order chi connectivity index (χ1) is 45.7. The van der Waals surface area contributed by atoms with Crippen molar-refractivity contribution < 1.29 is 103 Å². The normalized spacial score (nSPS) is 15.9. The van der Waals surface area contributed by atoms with Crippen LogP contribution in [0.1, 0.15) is 125 Å². The van der Waals surface area contributed by atoms with E-state index < -0.39 is 147 Å². The maximum absolute atomic E-state index is 14.5. The van der Waals surface area contributed by atoms with E-state index in [0.717, 1.165) is 0 Å². The smallest absolute Gasteiger partial charge is 0.407 e. The second kappa shape index (κ2) is 35.9. The highest BCUT2D eigenvalue weighted by Crippen LogP contribution is 2.29. The maximum atomic E-state index is 14.5. The van der Waals surface area contributed by atoms with Crippen LogP contribution in [0.15, 0.2) is 72.8 Å². The first kappa shape index (κ1) is 80.3. The number of benzene rings is 4. The number of aliphatic carboxylic acids is 1. The average molecular weight is 1420 g/mol. The van der Waals surface area contributed by atoms with Gasteiger partial charge in [-0.2, -0.15) is 0 Å². The van der Waals surface area contributed by atoms with Crippen molar-refractivity contribution in [3.8, 4) is 11.5 Å². The molecule has 0 bridgehead atoms. The van der Waals surface area contributed by atoms with Crippen LogP contribution in [-0.2, 0) is 78.4 Å². The van der Waals surface area contributed by atoms with E-state index in [2.05, 4.69) is 21.3 Å². The van der Waals surface area contributed by atoms with Crippen molar-refractivity contribution in [1.29, 1.82) is 0 Å². The standard InChI is InChI=1S/C37H48F3N3O9S.C31H38F3N3O7S/c1-21(2)30(33(46)49-20-50-34(47)36(3,4)5)51-25-11-9-22(10-12-25)19-41-31(45)32-43(13-14-53-32)29(44)17-24(42-35(48)52-37(6,7)8)15-23-16-27(39)28(40)18-26(23)38;1-17(2)26(29(40)41)43-21-8-6-18(7-9-21)16-35-27(39)28-37(10-11-45-28)25(38)14-20(36-30(42)44-31(3,4)5)12-19-13-23(33)24(34)15-22(19)32/h9-12,16,18,21,24,30,32H,13-15,17,19-20H2,1-8H3,(H,41,45)(H,42,48);6-9,13,15,17,20,26,28H,10-12,14,16H2,1-5H3,(H,35,39)(H,36,42)(H,40,41)/t24-,30?,32?;20-,26?,28?/m11/s1. The SMILES string of the molecule is CC(C)C(Oc1ccc(CNC(=O)C2SCCN2C(=O)C[C@@H](Cc2cc(F)c(F)cc2F)NC(=O)OC(C)(C)C)cc1)C(=O)O.CC(C)C(Oc1ccc(CNC(=O)C2SCCN2C(=O)C[C@@H](Cc2cc(F)c(F)cc2F)NC(=O)OC(C)(C)C)cc1)C(=O)OCOC(=O)C(C)(C)C. The molecule has 0 saturated carbocycles. The monoisotopic (exact) mass is 1420 g/mol. The maximum Gasteiger partial charge on any atom is 0.407 e. The van der Waals surface area contributed by atoms with Gasteiger partial charge >= 0.3 is 30.1 Å². The van der Waals surface area contributed by atoms with Gasteiger partial charge in [0, 0.05) is 86.6 Å². The Morgan fingerprint density at radius 2 is 0.898 bits per heavy atom. The summed E-state index contributed by atoms with van der Waals surface area (Å²) in [6.45, 7) is 22.0. The summed E-state index contributed by atoms with van der Waals surface area (Å²) < 4.78 is 116. The molecule has 6 amide bonds. The third kappa shape index (κ3) is 25.8. The molecule has 4 aromatic carbocycles. The van der Waals surface area contributed by atoms with Crippen LogP contribution in [0.2, 0.25) is 0 Å². The third-order valence-electron chi connectivity index (χ3n) is 14.3. The van der Waals surface area contributed by atoms with Gasteiger partial charge in [-0.3, -0.25) is 24.0 Å². The van der Waals surface area contributed by atoms with E-state index in [4.69, 9.17) is 28.4 Å². The van der Waals surface area contributed by atoms with Gasteiger partial charge in [-0.15, -0.1) is 23.5 Å². The molecule has 2 heterocycles. The minimum absolute atomic E-state index is 0.102. The number of carboxylic acids is 1. The predicted molar refractivity (Wildman–Crippen MR) is 351 cm³/mol. The third-order valence-corrected chi connectivity index (χ3v) is 16.7. The van der Waals surface area contributed by atoms with E-state index in [9.17, 15) is 74.6 Å². The molecule has 22 nitrogen and oxygen atoms in total. The lowest BCUT2D eigenvalue weighted by Crippen LogP contribution is -2.48. The van der Waals surface area contributed by atoms with Crippen LogP contribution in [0.5, 0.6) is 11.5 Å². The summed E-state index contributed by atoms with van der Waals surface area (Å²) in [5.74, 6) is -10.4.